The van der Waals surface area contributed by atoms with Gasteiger partial charge >= 0.3 is 0 Å². The van der Waals surface area contributed by atoms with Crippen molar-refractivity contribution in [3.8, 4) is 0 Å². The maximum atomic E-state index is 13.2. The number of aromatic nitrogens is 1. The summed E-state index contributed by atoms with van der Waals surface area (Å²) in [7, 11) is 0. The molecule has 2 aliphatic rings. The fourth-order valence-electron chi connectivity index (χ4n) is 4.50. The summed E-state index contributed by atoms with van der Waals surface area (Å²) in [5, 5.41) is 0. The van der Waals surface area contributed by atoms with Gasteiger partial charge in [0.15, 0.2) is 5.78 Å². The number of ketones is 1. The van der Waals surface area contributed by atoms with Crippen LogP contribution in [0.4, 0.5) is 4.39 Å². The lowest BCUT2D eigenvalue weighted by Gasteiger charge is -2.20. The van der Waals surface area contributed by atoms with Crippen LogP contribution in [0.1, 0.15) is 39.1 Å². The van der Waals surface area contributed by atoms with Crippen molar-refractivity contribution >= 4 is 11.5 Å². The molecule has 0 aliphatic carbocycles. The van der Waals surface area contributed by atoms with Gasteiger partial charge in [-0.1, -0.05) is 18.2 Å². The van der Waals surface area contributed by atoms with Gasteiger partial charge in [-0.05, 0) is 65.9 Å². The van der Waals surface area contributed by atoms with Crippen LogP contribution in [0.2, 0.25) is 0 Å². The van der Waals surface area contributed by atoms with Crippen molar-refractivity contribution in [2.24, 2.45) is 4.99 Å². The molecular formula is C26H24FN3O. The van der Waals surface area contributed by atoms with E-state index in [9.17, 15) is 9.18 Å². The number of hydrogen-bond donors (Lipinski definition) is 0. The highest BCUT2D eigenvalue weighted by molar-refractivity contribution is 6.15. The molecule has 3 aromatic rings. The Bertz CT molecular complexity index is 1180. The molecule has 2 aliphatic heterocycles. The van der Waals surface area contributed by atoms with E-state index in [2.05, 4.69) is 28.1 Å². The van der Waals surface area contributed by atoms with Crippen molar-refractivity contribution in [3.05, 3.63) is 99.6 Å². The first-order valence-electron chi connectivity index (χ1n) is 10.7. The summed E-state index contributed by atoms with van der Waals surface area (Å²) in [6, 6.07) is 15.1. The van der Waals surface area contributed by atoms with Gasteiger partial charge in [-0.25, -0.2) is 4.39 Å². The summed E-state index contributed by atoms with van der Waals surface area (Å²) < 4.78 is 13.2. The maximum Gasteiger partial charge on any atom is 0.151 e. The minimum absolute atomic E-state index is 0.224. The SMILES string of the molecule is Cc1cc(C2=NCc3cc4c(cc32)CN(CCc2ccc(F)cc2)CC(=O)C4)ccn1. The zero-order valence-electron chi connectivity index (χ0n) is 17.6. The van der Waals surface area contributed by atoms with E-state index < -0.39 is 0 Å². The molecule has 0 spiro atoms. The normalized spacial score (nSPS) is 15.9. The Morgan fingerprint density at radius 1 is 1.00 bits per heavy atom. The molecule has 0 fully saturated rings. The van der Waals surface area contributed by atoms with E-state index in [4.69, 9.17) is 4.99 Å². The van der Waals surface area contributed by atoms with E-state index in [1.807, 2.05) is 31.3 Å². The van der Waals surface area contributed by atoms with Crippen molar-refractivity contribution < 1.29 is 9.18 Å². The van der Waals surface area contributed by atoms with Crippen LogP contribution in [0.5, 0.6) is 0 Å². The summed E-state index contributed by atoms with van der Waals surface area (Å²) in [5.74, 6) is 0.0139. The van der Waals surface area contributed by atoms with Gasteiger partial charge in [0, 0.05) is 42.5 Å². The van der Waals surface area contributed by atoms with Gasteiger partial charge in [-0.2, -0.15) is 0 Å². The van der Waals surface area contributed by atoms with Crippen molar-refractivity contribution in [2.45, 2.75) is 32.9 Å². The van der Waals surface area contributed by atoms with Gasteiger partial charge in [0.25, 0.3) is 0 Å². The Balaban J connectivity index is 1.40. The number of nitrogens with zero attached hydrogens (tertiary/aromatic N) is 3. The van der Waals surface area contributed by atoms with Gasteiger partial charge in [0.2, 0.25) is 0 Å². The first kappa shape index (κ1) is 19.8. The average Bonchev–Trinajstić information content (AvgIpc) is 3.08. The quantitative estimate of drug-likeness (QED) is 0.648. The lowest BCUT2D eigenvalue weighted by atomic mass is 9.93. The highest BCUT2D eigenvalue weighted by Gasteiger charge is 2.25. The molecular weight excluding hydrogens is 389 g/mol. The Morgan fingerprint density at radius 3 is 2.65 bits per heavy atom. The van der Waals surface area contributed by atoms with Crippen molar-refractivity contribution in [1.82, 2.24) is 9.88 Å². The van der Waals surface area contributed by atoms with E-state index in [0.717, 1.165) is 53.2 Å². The fourth-order valence-corrected chi connectivity index (χ4v) is 4.50. The standard InChI is InChI=1S/C26H24FN3O/c1-17-10-19(6-8-28-17)26-25-13-22-15-30(9-7-18-2-4-23(27)5-3-18)16-24(31)12-20(22)11-21(25)14-29-26/h2-6,8,10-11,13H,7,9,12,14-16H2,1H3. The van der Waals surface area contributed by atoms with Gasteiger partial charge in [0.05, 0.1) is 18.8 Å². The first-order valence-corrected chi connectivity index (χ1v) is 10.7. The van der Waals surface area contributed by atoms with Crippen molar-refractivity contribution in [2.75, 3.05) is 13.1 Å². The number of benzene rings is 2. The van der Waals surface area contributed by atoms with E-state index in [1.54, 1.807) is 0 Å². The molecule has 31 heavy (non-hydrogen) atoms. The molecule has 3 heterocycles. The highest BCUT2D eigenvalue weighted by atomic mass is 19.1. The van der Waals surface area contributed by atoms with E-state index in [0.29, 0.717) is 19.5 Å². The molecule has 0 bridgehead atoms. The van der Waals surface area contributed by atoms with Gasteiger partial charge in [0.1, 0.15) is 5.82 Å². The molecule has 0 saturated heterocycles. The molecule has 4 nitrogen and oxygen atoms in total. The van der Waals surface area contributed by atoms with Crippen LogP contribution >= 0.6 is 0 Å². The molecule has 5 heteroatoms. The molecule has 0 radical (unpaired) electrons. The summed E-state index contributed by atoms with van der Waals surface area (Å²) >= 11 is 0. The number of halogens is 1. The molecule has 1 aromatic heterocycles. The number of Topliss-reactive ketones (excluding diaryl/α,β-unsaturated/α-hetero) is 1. The average molecular weight is 413 g/mol. The summed E-state index contributed by atoms with van der Waals surface area (Å²) in [6.45, 7) is 4.59. The zero-order valence-corrected chi connectivity index (χ0v) is 17.6. The Labute approximate surface area is 181 Å². The maximum absolute atomic E-state index is 13.2. The molecule has 5 rings (SSSR count). The minimum Gasteiger partial charge on any atom is -0.298 e. The number of hydrogen-bond acceptors (Lipinski definition) is 4. The number of rotatable bonds is 4. The number of pyridine rings is 1. The topological polar surface area (TPSA) is 45.6 Å². The molecule has 0 saturated carbocycles. The van der Waals surface area contributed by atoms with Crippen LogP contribution in [0, 0.1) is 12.7 Å². The third kappa shape index (κ3) is 4.19. The number of carbonyl (C=O) groups excluding carboxylic acids is 1. The van der Waals surface area contributed by atoms with Crippen LogP contribution < -0.4 is 0 Å². The molecule has 2 aromatic carbocycles. The lowest BCUT2D eigenvalue weighted by Crippen LogP contribution is -2.29. The number of carbonyl (C=O) groups is 1. The highest BCUT2D eigenvalue weighted by Crippen LogP contribution is 2.29. The second kappa shape index (κ2) is 8.16. The predicted octanol–water partition coefficient (Wildman–Crippen LogP) is 4.05. The van der Waals surface area contributed by atoms with E-state index in [1.165, 1.54) is 23.3 Å². The third-order valence-electron chi connectivity index (χ3n) is 6.07. The van der Waals surface area contributed by atoms with Crippen LogP contribution in [-0.4, -0.2) is 34.5 Å². The van der Waals surface area contributed by atoms with Crippen LogP contribution in [0.15, 0.2) is 59.7 Å². The Kier molecular flexibility index (Phi) is 5.20. The van der Waals surface area contributed by atoms with Crippen LogP contribution in [0.25, 0.3) is 0 Å². The molecule has 0 amide bonds. The van der Waals surface area contributed by atoms with Crippen LogP contribution in [-0.2, 0) is 30.7 Å². The summed E-state index contributed by atoms with van der Waals surface area (Å²) in [5.41, 5.74) is 8.82. The second-order valence-electron chi connectivity index (χ2n) is 8.43. The zero-order chi connectivity index (χ0) is 21.4. The fraction of sp³-hybridized carbons (Fsp3) is 0.269. The Hall–Kier alpha value is -3.18. The lowest BCUT2D eigenvalue weighted by molar-refractivity contribution is -0.119. The first-order chi connectivity index (χ1) is 15.0. The summed E-state index contributed by atoms with van der Waals surface area (Å²) in [4.78, 5) is 23.9. The number of aliphatic imine (C=N–C) groups is 1. The van der Waals surface area contributed by atoms with Crippen LogP contribution in [0.3, 0.4) is 0 Å². The van der Waals surface area contributed by atoms with Crippen molar-refractivity contribution in [1.29, 1.82) is 0 Å². The largest absolute Gasteiger partial charge is 0.298 e. The smallest absolute Gasteiger partial charge is 0.151 e. The molecule has 0 atom stereocenters. The van der Waals surface area contributed by atoms with Gasteiger partial charge in [-0.15, -0.1) is 0 Å². The molecule has 0 N–H and O–H groups in total. The summed E-state index contributed by atoms with van der Waals surface area (Å²) in [6.07, 6.45) is 3.08. The number of aryl methyl sites for hydroxylation is 1. The van der Waals surface area contributed by atoms with E-state index >= 15 is 0 Å². The minimum atomic E-state index is -0.224. The third-order valence-corrected chi connectivity index (χ3v) is 6.07. The second-order valence-corrected chi connectivity index (χ2v) is 8.43. The van der Waals surface area contributed by atoms with E-state index in [-0.39, 0.29) is 11.6 Å². The molecule has 156 valence electrons. The number of fused-ring (bicyclic) bond motifs is 2. The van der Waals surface area contributed by atoms with Crippen molar-refractivity contribution in [3.63, 3.8) is 0 Å². The predicted molar refractivity (Wildman–Crippen MR) is 119 cm³/mol. The monoisotopic (exact) mass is 413 g/mol. The Morgan fingerprint density at radius 2 is 1.84 bits per heavy atom. The molecule has 0 unspecified atom stereocenters. The van der Waals surface area contributed by atoms with Gasteiger partial charge < -0.3 is 0 Å². The van der Waals surface area contributed by atoms with Gasteiger partial charge in [-0.3, -0.25) is 19.7 Å².